The largest absolute Gasteiger partial charge is 0.389 e. The highest BCUT2D eigenvalue weighted by molar-refractivity contribution is 7.80. The van der Waals surface area contributed by atoms with Crippen LogP contribution >= 0.6 is 12.2 Å². The van der Waals surface area contributed by atoms with Gasteiger partial charge in [-0.2, -0.15) is 0 Å². The fourth-order valence-corrected chi connectivity index (χ4v) is 2.16. The van der Waals surface area contributed by atoms with Gasteiger partial charge in [-0.05, 0) is 43.5 Å². The molecule has 0 unspecified atom stereocenters. The number of halogens is 1. The highest BCUT2D eigenvalue weighted by atomic mass is 32.1. The maximum Gasteiger partial charge on any atom is 0.124 e. The molecule has 0 atom stereocenters. The van der Waals surface area contributed by atoms with E-state index in [9.17, 15) is 4.39 Å². The minimum atomic E-state index is -0.284. The summed E-state index contributed by atoms with van der Waals surface area (Å²) >= 11 is 4.91. The Labute approximate surface area is 120 Å². The van der Waals surface area contributed by atoms with E-state index in [0.717, 1.165) is 12.1 Å². The number of hydrogen-bond donors (Lipinski definition) is 1. The molecule has 1 aromatic carbocycles. The van der Waals surface area contributed by atoms with Crippen molar-refractivity contribution in [2.45, 2.75) is 40.3 Å². The summed E-state index contributed by atoms with van der Waals surface area (Å²) in [6.45, 7) is 10.4. The molecule has 0 fully saturated rings. The summed E-state index contributed by atoms with van der Waals surface area (Å²) in [4.78, 5) is 2.56. The van der Waals surface area contributed by atoms with E-state index in [0.29, 0.717) is 24.1 Å². The van der Waals surface area contributed by atoms with Gasteiger partial charge in [-0.1, -0.05) is 26.1 Å². The Morgan fingerprint density at radius 3 is 2.37 bits per heavy atom. The molecule has 0 radical (unpaired) electrons. The van der Waals surface area contributed by atoms with Crippen molar-refractivity contribution in [1.29, 1.82) is 0 Å². The molecule has 0 saturated heterocycles. The Kier molecular flexibility index (Phi) is 5.88. The Morgan fingerprint density at radius 2 is 1.89 bits per heavy atom. The van der Waals surface area contributed by atoms with E-state index in [1.807, 2.05) is 6.07 Å². The van der Waals surface area contributed by atoms with Crippen molar-refractivity contribution >= 4 is 17.2 Å². The van der Waals surface area contributed by atoms with E-state index in [4.69, 9.17) is 18.0 Å². The standard InChI is InChI=1S/C15H23FN2S/c1-10(2)8-18(11(3)4)9-12-5-13(15(17)19)7-14(16)6-12/h5-7,10-11H,8-9H2,1-4H3,(H2,17,19). The Morgan fingerprint density at radius 1 is 1.26 bits per heavy atom. The lowest BCUT2D eigenvalue weighted by molar-refractivity contribution is 0.189. The summed E-state index contributed by atoms with van der Waals surface area (Å²) in [5.74, 6) is 0.291. The minimum absolute atomic E-state index is 0.237. The monoisotopic (exact) mass is 282 g/mol. The van der Waals surface area contributed by atoms with Gasteiger partial charge in [0.1, 0.15) is 10.8 Å². The third-order valence-electron chi connectivity index (χ3n) is 2.96. The first-order valence-corrected chi connectivity index (χ1v) is 7.03. The minimum Gasteiger partial charge on any atom is -0.389 e. The second kappa shape index (κ2) is 6.96. The first-order valence-electron chi connectivity index (χ1n) is 6.63. The van der Waals surface area contributed by atoms with Crippen molar-refractivity contribution in [3.63, 3.8) is 0 Å². The maximum absolute atomic E-state index is 13.6. The molecule has 4 heteroatoms. The van der Waals surface area contributed by atoms with Crippen LogP contribution in [0.15, 0.2) is 18.2 Å². The van der Waals surface area contributed by atoms with Crippen LogP contribution < -0.4 is 5.73 Å². The molecule has 1 rings (SSSR count). The molecule has 2 N–H and O–H groups in total. The molecule has 0 aliphatic heterocycles. The molecule has 2 nitrogen and oxygen atoms in total. The number of rotatable bonds is 6. The number of hydrogen-bond acceptors (Lipinski definition) is 2. The molecule has 0 aliphatic rings. The number of thiocarbonyl (C=S) groups is 1. The molecule has 0 aliphatic carbocycles. The smallest absolute Gasteiger partial charge is 0.124 e. The van der Waals surface area contributed by atoms with Crippen LogP contribution in [0, 0.1) is 11.7 Å². The van der Waals surface area contributed by atoms with E-state index < -0.39 is 0 Å². The van der Waals surface area contributed by atoms with Crippen LogP contribution in [0.3, 0.4) is 0 Å². The molecule has 1 aromatic rings. The molecule has 0 bridgehead atoms. The fraction of sp³-hybridized carbons (Fsp3) is 0.533. The molecule has 0 spiro atoms. The molecule has 0 amide bonds. The zero-order chi connectivity index (χ0) is 14.6. The van der Waals surface area contributed by atoms with Gasteiger partial charge >= 0.3 is 0 Å². The van der Waals surface area contributed by atoms with E-state index in [2.05, 4.69) is 32.6 Å². The summed E-state index contributed by atoms with van der Waals surface area (Å²) < 4.78 is 13.6. The highest BCUT2D eigenvalue weighted by Crippen LogP contribution is 2.15. The van der Waals surface area contributed by atoms with E-state index in [-0.39, 0.29) is 10.8 Å². The van der Waals surface area contributed by atoms with Crippen molar-refractivity contribution in [3.8, 4) is 0 Å². The SMILES string of the molecule is CC(C)CN(Cc1cc(F)cc(C(N)=S)c1)C(C)C. The first-order chi connectivity index (χ1) is 8.79. The van der Waals surface area contributed by atoms with Gasteiger partial charge in [-0.3, -0.25) is 4.90 Å². The molecule has 0 aromatic heterocycles. The lowest BCUT2D eigenvalue weighted by atomic mass is 10.1. The van der Waals surface area contributed by atoms with Crippen LogP contribution in [0.2, 0.25) is 0 Å². The molecular weight excluding hydrogens is 259 g/mol. The van der Waals surface area contributed by atoms with Gasteiger partial charge in [-0.15, -0.1) is 0 Å². The highest BCUT2D eigenvalue weighted by Gasteiger charge is 2.13. The number of nitrogens with zero attached hydrogens (tertiary/aromatic N) is 1. The van der Waals surface area contributed by atoms with Crippen molar-refractivity contribution in [2.24, 2.45) is 11.7 Å². The Bertz CT molecular complexity index is 444. The van der Waals surface area contributed by atoms with Gasteiger partial charge in [0.2, 0.25) is 0 Å². The summed E-state index contributed by atoms with van der Waals surface area (Å²) in [6, 6.07) is 5.23. The van der Waals surface area contributed by atoms with Crippen LogP contribution in [0.1, 0.15) is 38.8 Å². The molecule has 0 saturated carbocycles. The van der Waals surface area contributed by atoms with Crippen LogP contribution in [-0.2, 0) is 6.54 Å². The first kappa shape index (κ1) is 16.1. The van der Waals surface area contributed by atoms with Crippen molar-refractivity contribution in [1.82, 2.24) is 4.90 Å². The summed E-state index contributed by atoms with van der Waals surface area (Å²) in [6.07, 6.45) is 0. The average molecular weight is 282 g/mol. The van der Waals surface area contributed by atoms with Gasteiger partial charge < -0.3 is 5.73 Å². The average Bonchev–Trinajstić information content (AvgIpc) is 2.26. The third kappa shape index (κ3) is 5.25. The van der Waals surface area contributed by atoms with Crippen molar-refractivity contribution in [3.05, 3.63) is 35.1 Å². The lowest BCUT2D eigenvalue weighted by Crippen LogP contribution is -2.33. The van der Waals surface area contributed by atoms with Gasteiger partial charge in [0.15, 0.2) is 0 Å². The normalized spacial score (nSPS) is 11.6. The van der Waals surface area contributed by atoms with E-state index >= 15 is 0 Å². The number of benzene rings is 1. The second-order valence-electron chi connectivity index (χ2n) is 5.63. The van der Waals surface area contributed by atoms with Gasteiger partial charge in [0.25, 0.3) is 0 Å². The second-order valence-corrected chi connectivity index (χ2v) is 6.07. The predicted octanol–water partition coefficient (Wildman–Crippen LogP) is 3.33. The molecule has 19 heavy (non-hydrogen) atoms. The summed E-state index contributed by atoms with van der Waals surface area (Å²) in [5.41, 5.74) is 7.08. The Hall–Kier alpha value is -1.00. The van der Waals surface area contributed by atoms with Gasteiger partial charge in [-0.25, -0.2) is 4.39 Å². The predicted molar refractivity (Wildman–Crippen MR) is 82.7 cm³/mol. The van der Waals surface area contributed by atoms with Crippen LogP contribution in [-0.4, -0.2) is 22.5 Å². The van der Waals surface area contributed by atoms with Crippen LogP contribution in [0.5, 0.6) is 0 Å². The summed E-state index contributed by atoms with van der Waals surface area (Å²) in [5, 5.41) is 0. The molecule has 0 heterocycles. The summed E-state index contributed by atoms with van der Waals surface area (Å²) in [7, 11) is 0. The van der Waals surface area contributed by atoms with Crippen LogP contribution in [0.4, 0.5) is 4.39 Å². The van der Waals surface area contributed by atoms with Crippen LogP contribution in [0.25, 0.3) is 0 Å². The van der Waals surface area contributed by atoms with E-state index in [1.54, 1.807) is 6.07 Å². The van der Waals surface area contributed by atoms with Crippen molar-refractivity contribution in [2.75, 3.05) is 6.54 Å². The molecular formula is C15H23FN2S. The fourth-order valence-electron chi connectivity index (χ4n) is 2.05. The molecule has 106 valence electrons. The van der Waals surface area contributed by atoms with Crippen molar-refractivity contribution < 1.29 is 4.39 Å². The third-order valence-corrected chi connectivity index (χ3v) is 3.19. The quantitative estimate of drug-likeness (QED) is 0.812. The van der Waals surface area contributed by atoms with Gasteiger partial charge in [0.05, 0.1) is 0 Å². The van der Waals surface area contributed by atoms with E-state index in [1.165, 1.54) is 6.07 Å². The Balaban J connectivity index is 2.92. The number of nitrogens with two attached hydrogens (primary N) is 1. The zero-order valence-electron chi connectivity index (χ0n) is 12.1. The maximum atomic E-state index is 13.6. The zero-order valence-corrected chi connectivity index (χ0v) is 12.9. The topological polar surface area (TPSA) is 29.3 Å². The van der Waals surface area contributed by atoms with Gasteiger partial charge in [0, 0.05) is 24.7 Å². The lowest BCUT2D eigenvalue weighted by Gasteiger charge is -2.28.